The van der Waals surface area contributed by atoms with Gasteiger partial charge in [0, 0.05) is 36.9 Å². The Balaban J connectivity index is 1.41. The molecule has 0 bridgehead atoms. The SMILES string of the molecule is N#Cc1nccnc1N1CCC(CNC(=O)C(=O)NCc2cccs2)CC1. The molecule has 0 radical (unpaired) electrons. The van der Waals surface area contributed by atoms with Gasteiger partial charge in [-0.15, -0.1) is 11.3 Å². The summed E-state index contributed by atoms with van der Waals surface area (Å²) < 4.78 is 0. The lowest BCUT2D eigenvalue weighted by Crippen LogP contribution is -2.43. The smallest absolute Gasteiger partial charge is 0.309 e. The minimum absolute atomic E-state index is 0.289. The number of rotatable bonds is 5. The molecule has 3 rings (SSSR count). The van der Waals surface area contributed by atoms with Crippen LogP contribution >= 0.6 is 11.3 Å². The third kappa shape index (κ3) is 5.01. The van der Waals surface area contributed by atoms with Crippen LogP contribution in [0.3, 0.4) is 0 Å². The fourth-order valence-electron chi connectivity index (χ4n) is 2.97. The number of nitrogens with one attached hydrogen (secondary N) is 2. The molecule has 0 aromatic carbocycles. The lowest BCUT2D eigenvalue weighted by Gasteiger charge is -2.32. The van der Waals surface area contributed by atoms with Gasteiger partial charge < -0.3 is 15.5 Å². The summed E-state index contributed by atoms with van der Waals surface area (Å²) in [5, 5.41) is 16.4. The first-order chi connectivity index (χ1) is 13.2. The minimum Gasteiger partial charge on any atom is -0.354 e. The van der Waals surface area contributed by atoms with Crippen molar-refractivity contribution in [1.29, 1.82) is 5.26 Å². The average Bonchev–Trinajstić information content (AvgIpc) is 3.24. The van der Waals surface area contributed by atoms with Gasteiger partial charge in [0.05, 0.1) is 6.54 Å². The lowest BCUT2D eigenvalue weighted by molar-refractivity contribution is -0.139. The fraction of sp³-hybridized carbons (Fsp3) is 0.389. The standard InChI is InChI=1S/C18H20N6O2S/c19-10-15-16(21-6-5-20-15)24-7-3-13(4-8-24)11-22-17(25)18(26)23-12-14-2-1-9-27-14/h1-2,5-6,9,13H,3-4,7-8,11-12H2,(H,22,25)(H,23,26). The van der Waals surface area contributed by atoms with Crippen LogP contribution in [-0.2, 0) is 16.1 Å². The van der Waals surface area contributed by atoms with Crippen LogP contribution in [-0.4, -0.2) is 41.4 Å². The Hall–Kier alpha value is -2.99. The number of aromatic nitrogens is 2. The maximum atomic E-state index is 11.9. The normalized spacial score (nSPS) is 14.4. The molecule has 1 aliphatic heterocycles. The molecule has 2 aromatic rings. The van der Waals surface area contributed by atoms with E-state index in [1.165, 1.54) is 17.5 Å². The highest BCUT2D eigenvalue weighted by atomic mass is 32.1. The van der Waals surface area contributed by atoms with Gasteiger partial charge in [-0.05, 0) is 30.2 Å². The topological polar surface area (TPSA) is 111 Å². The van der Waals surface area contributed by atoms with Gasteiger partial charge in [0.25, 0.3) is 0 Å². The zero-order valence-corrected chi connectivity index (χ0v) is 15.5. The third-order valence-electron chi connectivity index (χ3n) is 4.46. The van der Waals surface area contributed by atoms with Crippen molar-refractivity contribution in [2.75, 3.05) is 24.5 Å². The van der Waals surface area contributed by atoms with Crippen molar-refractivity contribution in [3.63, 3.8) is 0 Å². The first-order valence-corrected chi connectivity index (χ1v) is 9.60. The van der Waals surface area contributed by atoms with Crippen molar-refractivity contribution >= 4 is 29.0 Å². The number of thiophene rings is 1. The van der Waals surface area contributed by atoms with Gasteiger partial charge in [-0.3, -0.25) is 9.59 Å². The van der Waals surface area contributed by atoms with Gasteiger partial charge in [-0.25, -0.2) is 9.97 Å². The maximum Gasteiger partial charge on any atom is 0.309 e. The zero-order chi connectivity index (χ0) is 19.1. The van der Waals surface area contributed by atoms with E-state index in [-0.39, 0.29) is 5.92 Å². The molecule has 27 heavy (non-hydrogen) atoms. The van der Waals surface area contributed by atoms with E-state index in [9.17, 15) is 9.59 Å². The van der Waals surface area contributed by atoms with Crippen LogP contribution in [0.15, 0.2) is 29.9 Å². The van der Waals surface area contributed by atoms with Crippen molar-refractivity contribution in [2.45, 2.75) is 19.4 Å². The molecule has 0 spiro atoms. The van der Waals surface area contributed by atoms with Crippen LogP contribution in [0.5, 0.6) is 0 Å². The van der Waals surface area contributed by atoms with Crippen molar-refractivity contribution < 1.29 is 9.59 Å². The number of amides is 2. The number of anilines is 1. The predicted octanol–water partition coefficient (Wildman–Crippen LogP) is 1.06. The highest BCUT2D eigenvalue weighted by Crippen LogP contribution is 2.22. The molecule has 0 atom stereocenters. The summed E-state index contributed by atoms with van der Waals surface area (Å²) in [4.78, 5) is 35.1. The number of nitrogens with zero attached hydrogens (tertiary/aromatic N) is 4. The molecule has 9 heteroatoms. The van der Waals surface area contributed by atoms with Crippen molar-refractivity contribution in [3.05, 3.63) is 40.5 Å². The number of piperidine rings is 1. The molecular weight excluding hydrogens is 364 g/mol. The average molecular weight is 384 g/mol. The monoisotopic (exact) mass is 384 g/mol. The summed E-state index contributed by atoms with van der Waals surface area (Å²) in [6, 6.07) is 5.87. The Morgan fingerprint density at radius 1 is 1.22 bits per heavy atom. The van der Waals surface area contributed by atoms with Gasteiger partial charge >= 0.3 is 11.8 Å². The lowest BCUT2D eigenvalue weighted by atomic mass is 9.96. The van der Waals surface area contributed by atoms with E-state index in [0.29, 0.717) is 24.6 Å². The van der Waals surface area contributed by atoms with Crippen molar-refractivity contribution in [2.24, 2.45) is 5.92 Å². The third-order valence-corrected chi connectivity index (χ3v) is 5.34. The minimum atomic E-state index is -0.612. The van der Waals surface area contributed by atoms with E-state index >= 15 is 0 Å². The fourth-order valence-corrected chi connectivity index (χ4v) is 3.61. The second kappa shape index (κ2) is 9.09. The Labute approximate surface area is 161 Å². The van der Waals surface area contributed by atoms with Crippen molar-refractivity contribution in [1.82, 2.24) is 20.6 Å². The van der Waals surface area contributed by atoms with E-state index in [4.69, 9.17) is 5.26 Å². The molecule has 1 fully saturated rings. The Morgan fingerprint density at radius 2 is 1.96 bits per heavy atom. The van der Waals surface area contributed by atoms with E-state index in [1.54, 1.807) is 6.20 Å². The van der Waals surface area contributed by atoms with Crippen molar-refractivity contribution in [3.8, 4) is 6.07 Å². The van der Waals surface area contributed by atoms with Crippen LogP contribution in [0.4, 0.5) is 5.82 Å². The van der Waals surface area contributed by atoms with Gasteiger partial charge in [0.1, 0.15) is 6.07 Å². The molecule has 2 amide bonds. The van der Waals surface area contributed by atoms with E-state index in [1.807, 2.05) is 22.4 Å². The number of nitriles is 1. The van der Waals surface area contributed by atoms with Crippen LogP contribution in [0.1, 0.15) is 23.4 Å². The second-order valence-electron chi connectivity index (χ2n) is 6.24. The van der Waals surface area contributed by atoms with Crippen LogP contribution in [0, 0.1) is 17.2 Å². The van der Waals surface area contributed by atoms with Crippen LogP contribution in [0.2, 0.25) is 0 Å². The highest BCUT2D eigenvalue weighted by molar-refractivity contribution is 7.09. The summed E-state index contributed by atoms with van der Waals surface area (Å²) in [7, 11) is 0. The second-order valence-corrected chi connectivity index (χ2v) is 7.28. The molecule has 0 unspecified atom stereocenters. The molecule has 2 N–H and O–H groups in total. The van der Waals surface area contributed by atoms with Gasteiger partial charge in [-0.2, -0.15) is 5.26 Å². The first kappa shape index (κ1) is 18.8. The summed E-state index contributed by atoms with van der Waals surface area (Å²) >= 11 is 1.53. The molecule has 2 aromatic heterocycles. The molecule has 0 saturated carbocycles. The number of hydrogen-bond donors (Lipinski definition) is 2. The molecule has 140 valence electrons. The van der Waals surface area contributed by atoms with Gasteiger partial charge in [0.2, 0.25) is 0 Å². The van der Waals surface area contributed by atoms with Crippen LogP contribution < -0.4 is 15.5 Å². The summed E-state index contributed by atoms with van der Waals surface area (Å²) in [5.41, 5.74) is 0.326. The number of hydrogen-bond acceptors (Lipinski definition) is 7. The maximum absolute atomic E-state index is 11.9. The van der Waals surface area contributed by atoms with E-state index in [2.05, 4.69) is 26.7 Å². The molecule has 0 aliphatic carbocycles. The summed E-state index contributed by atoms with van der Waals surface area (Å²) in [5.74, 6) is -0.318. The molecular formula is C18H20N6O2S. The Bertz CT molecular complexity index is 825. The predicted molar refractivity (Wildman–Crippen MR) is 101 cm³/mol. The Kier molecular flexibility index (Phi) is 6.33. The first-order valence-electron chi connectivity index (χ1n) is 8.72. The summed E-state index contributed by atoms with van der Waals surface area (Å²) in [6.45, 7) is 2.29. The number of carbonyl (C=O) groups is 2. The van der Waals surface area contributed by atoms with Crippen LogP contribution in [0.25, 0.3) is 0 Å². The highest BCUT2D eigenvalue weighted by Gasteiger charge is 2.23. The summed E-state index contributed by atoms with van der Waals surface area (Å²) in [6.07, 6.45) is 4.78. The van der Waals surface area contributed by atoms with E-state index < -0.39 is 11.8 Å². The quantitative estimate of drug-likeness (QED) is 0.746. The van der Waals surface area contributed by atoms with Gasteiger partial charge in [-0.1, -0.05) is 6.07 Å². The molecule has 1 aliphatic rings. The van der Waals surface area contributed by atoms with E-state index in [0.717, 1.165) is 30.8 Å². The van der Waals surface area contributed by atoms with Gasteiger partial charge in [0.15, 0.2) is 11.5 Å². The Morgan fingerprint density at radius 3 is 2.67 bits per heavy atom. The molecule has 8 nitrogen and oxygen atoms in total. The molecule has 3 heterocycles. The largest absolute Gasteiger partial charge is 0.354 e. The zero-order valence-electron chi connectivity index (χ0n) is 14.7. The molecule has 1 saturated heterocycles. The number of carbonyl (C=O) groups excluding carboxylic acids is 2.